The van der Waals surface area contributed by atoms with Crippen molar-refractivity contribution in [2.75, 3.05) is 10.6 Å². The van der Waals surface area contributed by atoms with Crippen molar-refractivity contribution in [3.8, 4) is 6.07 Å². The number of nitrogens with one attached hydrogen (secondary N) is 2. The fourth-order valence-corrected chi connectivity index (χ4v) is 2.44. The molecule has 6 nitrogen and oxygen atoms in total. The summed E-state index contributed by atoms with van der Waals surface area (Å²) in [4.78, 5) is 15.9. The largest absolute Gasteiger partial charge is 0.380 e. The minimum atomic E-state index is -0.544. The number of nitriles is 1. The van der Waals surface area contributed by atoms with Crippen molar-refractivity contribution < 1.29 is 4.79 Å². The van der Waals surface area contributed by atoms with E-state index < -0.39 is 5.91 Å². The number of carbonyl (C=O) groups is 1. The second kappa shape index (κ2) is 7.81. The van der Waals surface area contributed by atoms with Crippen LogP contribution in [-0.4, -0.2) is 10.9 Å². The van der Waals surface area contributed by atoms with Gasteiger partial charge in [0.25, 0.3) is 5.91 Å². The lowest BCUT2D eigenvalue weighted by Crippen LogP contribution is -2.15. The van der Waals surface area contributed by atoms with Crippen molar-refractivity contribution in [3.63, 3.8) is 0 Å². The maximum atomic E-state index is 11.7. The number of nitrogens with zero attached hydrogens (tertiary/aromatic N) is 2. The Hall–Kier alpha value is -3.85. The van der Waals surface area contributed by atoms with Crippen molar-refractivity contribution >= 4 is 23.1 Å². The van der Waals surface area contributed by atoms with Gasteiger partial charge in [0.15, 0.2) is 0 Å². The van der Waals surface area contributed by atoms with Crippen LogP contribution in [-0.2, 0) is 6.54 Å². The number of hydrogen-bond acceptors (Lipinski definition) is 5. The Balaban J connectivity index is 1.81. The molecule has 4 N–H and O–H groups in total. The van der Waals surface area contributed by atoms with Crippen LogP contribution in [0.2, 0.25) is 0 Å². The molecule has 0 radical (unpaired) electrons. The van der Waals surface area contributed by atoms with Gasteiger partial charge in [-0.05, 0) is 29.8 Å². The fourth-order valence-electron chi connectivity index (χ4n) is 2.44. The first-order chi connectivity index (χ1) is 12.7. The molecule has 0 saturated carbocycles. The van der Waals surface area contributed by atoms with Crippen LogP contribution in [0, 0.1) is 11.3 Å². The van der Waals surface area contributed by atoms with Gasteiger partial charge in [0, 0.05) is 24.5 Å². The highest BCUT2D eigenvalue weighted by molar-refractivity contribution is 5.98. The van der Waals surface area contributed by atoms with Crippen LogP contribution >= 0.6 is 0 Å². The molecule has 1 amide bonds. The van der Waals surface area contributed by atoms with Crippen LogP contribution in [0.15, 0.2) is 66.9 Å². The van der Waals surface area contributed by atoms with Crippen LogP contribution in [0.5, 0.6) is 0 Å². The van der Waals surface area contributed by atoms with Crippen LogP contribution in [0.1, 0.15) is 21.5 Å². The molecule has 128 valence electrons. The number of primary amides is 1. The average Bonchev–Trinajstić information content (AvgIpc) is 2.68. The summed E-state index contributed by atoms with van der Waals surface area (Å²) < 4.78 is 0. The van der Waals surface area contributed by atoms with E-state index in [1.165, 1.54) is 6.20 Å². The molecule has 0 unspecified atom stereocenters. The molecule has 6 heteroatoms. The van der Waals surface area contributed by atoms with Crippen molar-refractivity contribution in [3.05, 3.63) is 83.6 Å². The van der Waals surface area contributed by atoms with Crippen LogP contribution in [0.3, 0.4) is 0 Å². The molecular formula is C20H17N5O. The number of amides is 1. The van der Waals surface area contributed by atoms with E-state index >= 15 is 0 Å². The molecule has 2 aromatic carbocycles. The molecule has 0 saturated heterocycles. The highest BCUT2D eigenvalue weighted by Gasteiger charge is 2.10. The van der Waals surface area contributed by atoms with Gasteiger partial charge in [-0.15, -0.1) is 0 Å². The standard InChI is InChI=1S/C20H17N5O/c21-11-14-6-8-16(9-7-14)25-19-10-18(17(13-24-19)20(22)26)23-12-15-4-2-1-3-5-15/h1-10,13H,12H2,(H2,22,26)(H2,23,24,25). The lowest BCUT2D eigenvalue weighted by Gasteiger charge is -2.13. The molecule has 0 atom stereocenters. The van der Waals surface area contributed by atoms with E-state index in [9.17, 15) is 4.79 Å². The second-order valence-electron chi connectivity index (χ2n) is 5.63. The zero-order valence-corrected chi connectivity index (χ0v) is 13.9. The van der Waals surface area contributed by atoms with E-state index in [1.807, 2.05) is 30.3 Å². The summed E-state index contributed by atoms with van der Waals surface area (Å²) in [6.07, 6.45) is 1.45. The van der Waals surface area contributed by atoms with Gasteiger partial charge in [0.2, 0.25) is 0 Å². The zero-order chi connectivity index (χ0) is 18.4. The Morgan fingerprint density at radius 1 is 1.12 bits per heavy atom. The van der Waals surface area contributed by atoms with Gasteiger partial charge in [-0.2, -0.15) is 5.26 Å². The molecule has 0 spiro atoms. The average molecular weight is 343 g/mol. The molecule has 3 aromatic rings. The summed E-state index contributed by atoms with van der Waals surface area (Å²) in [7, 11) is 0. The Kier molecular flexibility index (Phi) is 5.11. The first-order valence-corrected chi connectivity index (χ1v) is 8.00. The molecule has 0 bridgehead atoms. The van der Waals surface area contributed by atoms with Gasteiger partial charge in [-0.3, -0.25) is 4.79 Å². The first kappa shape index (κ1) is 17.0. The minimum absolute atomic E-state index is 0.325. The van der Waals surface area contributed by atoms with Gasteiger partial charge in [-0.1, -0.05) is 30.3 Å². The maximum Gasteiger partial charge on any atom is 0.252 e. The van der Waals surface area contributed by atoms with Crippen molar-refractivity contribution in [2.45, 2.75) is 6.54 Å². The molecule has 0 fully saturated rings. The van der Waals surface area contributed by atoms with E-state index in [1.54, 1.807) is 30.3 Å². The first-order valence-electron chi connectivity index (χ1n) is 8.00. The number of pyridine rings is 1. The molecule has 0 aliphatic rings. The Bertz CT molecular complexity index is 946. The van der Waals surface area contributed by atoms with E-state index in [0.29, 0.717) is 29.2 Å². The third-order valence-electron chi connectivity index (χ3n) is 3.78. The quantitative estimate of drug-likeness (QED) is 0.636. The third kappa shape index (κ3) is 4.16. The fraction of sp³-hybridized carbons (Fsp3) is 0.0500. The van der Waals surface area contributed by atoms with Gasteiger partial charge in [-0.25, -0.2) is 4.98 Å². The SMILES string of the molecule is N#Cc1ccc(Nc2cc(NCc3ccccc3)c(C(N)=O)cn2)cc1. The van der Waals surface area contributed by atoms with E-state index in [0.717, 1.165) is 11.3 Å². The zero-order valence-electron chi connectivity index (χ0n) is 13.9. The van der Waals surface area contributed by atoms with E-state index in [2.05, 4.69) is 21.7 Å². The summed E-state index contributed by atoms with van der Waals surface area (Å²) in [6, 6.07) is 20.7. The minimum Gasteiger partial charge on any atom is -0.380 e. The summed E-state index contributed by atoms with van der Waals surface area (Å²) in [5.74, 6) is 0.0215. The summed E-state index contributed by atoms with van der Waals surface area (Å²) in [6.45, 7) is 0.557. The Labute approximate surface area is 151 Å². The summed E-state index contributed by atoms with van der Waals surface area (Å²) in [5, 5.41) is 15.2. The van der Waals surface area contributed by atoms with Gasteiger partial charge < -0.3 is 16.4 Å². The number of carbonyl (C=O) groups excluding carboxylic acids is 1. The molecule has 1 heterocycles. The highest BCUT2D eigenvalue weighted by Crippen LogP contribution is 2.22. The Morgan fingerprint density at radius 3 is 2.50 bits per heavy atom. The number of anilines is 3. The van der Waals surface area contributed by atoms with E-state index in [4.69, 9.17) is 11.0 Å². The topological polar surface area (TPSA) is 104 Å². The van der Waals surface area contributed by atoms with Gasteiger partial charge in [0.1, 0.15) is 5.82 Å². The van der Waals surface area contributed by atoms with Crippen LogP contribution in [0.25, 0.3) is 0 Å². The predicted octanol–water partition coefficient (Wildman–Crippen LogP) is 3.41. The lowest BCUT2D eigenvalue weighted by molar-refractivity contribution is 0.100. The molecule has 0 aliphatic carbocycles. The number of rotatable bonds is 6. The number of nitrogens with two attached hydrogens (primary N) is 1. The monoisotopic (exact) mass is 343 g/mol. The molecule has 26 heavy (non-hydrogen) atoms. The number of hydrogen-bond donors (Lipinski definition) is 3. The molecule has 3 rings (SSSR count). The van der Waals surface area contributed by atoms with Gasteiger partial charge >= 0.3 is 0 Å². The van der Waals surface area contributed by atoms with Crippen molar-refractivity contribution in [1.29, 1.82) is 5.26 Å². The molecule has 0 aliphatic heterocycles. The summed E-state index contributed by atoms with van der Waals surface area (Å²) >= 11 is 0. The maximum absolute atomic E-state index is 11.7. The predicted molar refractivity (Wildman–Crippen MR) is 101 cm³/mol. The number of benzene rings is 2. The molecular weight excluding hydrogens is 326 g/mol. The third-order valence-corrected chi connectivity index (χ3v) is 3.78. The summed E-state index contributed by atoms with van der Waals surface area (Å²) in [5.41, 5.74) is 8.83. The lowest BCUT2D eigenvalue weighted by atomic mass is 10.2. The Morgan fingerprint density at radius 2 is 1.85 bits per heavy atom. The smallest absolute Gasteiger partial charge is 0.252 e. The normalized spacial score (nSPS) is 9.96. The number of aromatic nitrogens is 1. The van der Waals surface area contributed by atoms with Gasteiger partial charge in [0.05, 0.1) is 22.9 Å². The van der Waals surface area contributed by atoms with Crippen molar-refractivity contribution in [2.24, 2.45) is 5.73 Å². The van der Waals surface area contributed by atoms with Crippen LogP contribution < -0.4 is 16.4 Å². The van der Waals surface area contributed by atoms with Crippen molar-refractivity contribution in [1.82, 2.24) is 4.98 Å². The van der Waals surface area contributed by atoms with Crippen LogP contribution in [0.4, 0.5) is 17.2 Å². The second-order valence-corrected chi connectivity index (χ2v) is 5.63. The highest BCUT2D eigenvalue weighted by atomic mass is 16.1. The molecule has 1 aromatic heterocycles. The van der Waals surface area contributed by atoms with E-state index in [-0.39, 0.29) is 0 Å².